The molecule has 0 saturated heterocycles. The lowest BCUT2D eigenvalue weighted by molar-refractivity contribution is -0.870. The van der Waals surface area contributed by atoms with Gasteiger partial charge >= 0.3 is 19.8 Å². The summed E-state index contributed by atoms with van der Waals surface area (Å²) in [4.78, 5) is 35.9. The molecule has 10 heteroatoms. The Morgan fingerprint density at radius 3 is 0.862 bits per heavy atom. The van der Waals surface area contributed by atoms with Gasteiger partial charge in [0.25, 0.3) is 0 Å². The molecule has 1 N–H and O–H groups in total. The van der Waals surface area contributed by atoms with Crippen LogP contribution < -0.4 is 0 Å². The number of ether oxygens (including phenoxy) is 2. The first kappa shape index (κ1) is 89.6. The van der Waals surface area contributed by atoms with Crippen LogP contribution in [0.25, 0.3) is 0 Å². The van der Waals surface area contributed by atoms with Crippen LogP contribution in [0.5, 0.6) is 0 Å². The van der Waals surface area contributed by atoms with E-state index in [1.807, 2.05) is 21.1 Å². The number of hydrogen-bond acceptors (Lipinski definition) is 7. The van der Waals surface area contributed by atoms with E-state index in [1.165, 1.54) is 154 Å². The zero-order chi connectivity index (χ0) is 68.3. The molecule has 0 heterocycles. The number of likely N-dealkylation sites (N-methyl/N-ethyl adjacent to an activating group) is 1. The van der Waals surface area contributed by atoms with Gasteiger partial charge in [-0.3, -0.25) is 18.6 Å². The molecule has 0 aliphatic heterocycles. The fourth-order valence-corrected chi connectivity index (χ4v) is 11.0. The largest absolute Gasteiger partial charge is 0.472 e. The van der Waals surface area contributed by atoms with Crippen molar-refractivity contribution in [2.45, 2.75) is 315 Å². The number of hydrogen-bond donors (Lipinski definition) is 1. The molecule has 0 radical (unpaired) electrons. The molecule has 0 aliphatic rings. The van der Waals surface area contributed by atoms with Crippen LogP contribution in [-0.4, -0.2) is 74.9 Å². The van der Waals surface area contributed by atoms with Gasteiger partial charge in [-0.25, -0.2) is 4.57 Å². The van der Waals surface area contributed by atoms with Gasteiger partial charge in [0.2, 0.25) is 0 Å². The lowest BCUT2D eigenvalue weighted by Gasteiger charge is -2.24. The fraction of sp³-hybridized carbons (Fsp3) is 0.667. The number of rotatable bonds is 69. The zero-order valence-electron chi connectivity index (χ0n) is 61.1. The van der Waals surface area contributed by atoms with Gasteiger partial charge < -0.3 is 18.9 Å². The summed E-state index contributed by atoms with van der Waals surface area (Å²) in [5.74, 6) is -0.835. The minimum atomic E-state index is -4.41. The van der Waals surface area contributed by atoms with E-state index in [4.69, 9.17) is 18.5 Å². The Bertz CT molecular complexity index is 2150. The van der Waals surface area contributed by atoms with Crippen molar-refractivity contribution >= 4 is 19.8 Å². The first-order valence-electron chi connectivity index (χ1n) is 38.2. The topological polar surface area (TPSA) is 108 Å². The molecule has 0 fully saturated rings. The molecule has 0 spiro atoms. The summed E-state index contributed by atoms with van der Waals surface area (Å²) in [5.41, 5.74) is 0. The molecule has 536 valence electrons. The van der Waals surface area contributed by atoms with Crippen molar-refractivity contribution in [3.63, 3.8) is 0 Å². The molecular weight excluding hydrogens is 1180 g/mol. The third-order valence-electron chi connectivity index (χ3n) is 16.1. The van der Waals surface area contributed by atoms with Gasteiger partial charge in [-0.2, -0.15) is 0 Å². The van der Waals surface area contributed by atoms with Gasteiger partial charge in [-0.1, -0.05) is 332 Å². The first-order valence-corrected chi connectivity index (χ1v) is 39.7. The van der Waals surface area contributed by atoms with Gasteiger partial charge in [0, 0.05) is 12.8 Å². The molecule has 0 aromatic carbocycles. The van der Waals surface area contributed by atoms with Crippen LogP contribution in [0.2, 0.25) is 0 Å². The highest BCUT2D eigenvalue weighted by atomic mass is 31.2. The lowest BCUT2D eigenvalue weighted by Crippen LogP contribution is -2.37. The van der Waals surface area contributed by atoms with E-state index in [1.54, 1.807) is 0 Å². The predicted molar refractivity (Wildman–Crippen MR) is 408 cm³/mol. The second kappa shape index (κ2) is 72.9. The molecule has 0 saturated carbocycles. The van der Waals surface area contributed by atoms with Crippen molar-refractivity contribution in [3.8, 4) is 0 Å². The normalized spacial score (nSPS) is 14.0. The number of allylic oxidation sites excluding steroid dienone is 26. The maximum Gasteiger partial charge on any atom is 0.472 e. The minimum absolute atomic E-state index is 0.0185. The van der Waals surface area contributed by atoms with Gasteiger partial charge in [0.1, 0.15) is 19.8 Å². The fourth-order valence-electron chi connectivity index (χ4n) is 10.3. The maximum atomic E-state index is 12.9. The van der Waals surface area contributed by atoms with Crippen LogP contribution >= 0.6 is 7.82 Å². The van der Waals surface area contributed by atoms with Crippen LogP contribution in [0.4, 0.5) is 0 Å². The van der Waals surface area contributed by atoms with Crippen LogP contribution in [-0.2, 0) is 32.7 Å². The van der Waals surface area contributed by atoms with Crippen molar-refractivity contribution in [1.29, 1.82) is 0 Å². The number of esters is 2. The Hall–Kier alpha value is -4.37. The molecule has 0 rings (SSSR count). The smallest absolute Gasteiger partial charge is 0.462 e. The number of carbonyl (C=O) groups is 2. The number of carbonyl (C=O) groups excluding carboxylic acids is 2. The Balaban J connectivity index is 4.04. The van der Waals surface area contributed by atoms with Crippen LogP contribution in [0.15, 0.2) is 158 Å². The van der Waals surface area contributed by atoms with E-state index in [0.717, 1.165) is 122 Å². The van der Waals surface area contributed by atoms with E-state index >= 15 is 0 Å². The second-order valence-corrected chi connectivity index (χ2v) is 27.7. The molecule has 2 unspecified atom stereocenters. The van der Waals surface area contributed by atoms with Gasteiger partial charge in [0.15, 0.2) is 6.10 Å². The molecular formula is C84H143NO8P+. The molecule has 0 bridgehead atoms. The van der Waals surface area contributed by atoms with E-state index in [9.17, 15) is 19.0 Å². The summed E-state index contributed by atoms with van der Waals surface area (Å²) >= 11 is 0. The molecule has 0 amide bonds. The summed E-state index contributed by atoms with van der Waals surface area (Å²) in [7, 11) is 1.44. The van der Waals surface area contributed by atoms with Crippen molar-refractivity contribution in [3.05, 3.63) is 158 Å². The second-order valence-electron chi connectivity index (χ2n) is 26.3. The first-order chi connectivity index (χ1) is 46.0. The SMILES string of the molecule is CC/C=C\C/C=C\C/C=C\C/C=C\C/C=C\C/C=C\C/C=C\C/C=C\C/C=C\CCCCCC(=O)OC(COC(=O)CCCCCCCCCCCCCCCCCCCCCCCCCCCC/C=C\C/C=C\C/C=C\C/C=C\CC)COP(=O)(O)OCC[N+](C)(C)C. The van der Waals surface area contributed by atoms with Crippen LogP contribution in [0.3, 0.4) is 0 Å². The Morgan fingerprint density at radius 2 is 0.574 bits per heavy atom. The summed E-state index contributed by atoms with van der Waals surface area (Å²) in [5, 5.41) is 0. The standard InChI is InChI=1S/C84H142NO8P/c1-6-8-10-12-14-16-18-20-22-24-26-28-30-32-34-36-38-39-40-41-42-43-44-45-47-48-50-52-54-56-58-60-62-64-66-68-70-72-74-76-83(86)90-80-82(81-92-94(88,89)91-79-78-85(3,4)5)93-84(87)77-75-73-71-69-67-65-63-61-59-57-55-53-51-49-46-37-35-33-31-29-27-25-23-21-19-17-15-13-11-9-7-2/h8-11,14-17,20-23,26-29,33,35,46,49,53,55,59,61,65,67,82H,6-7,12-13,18-19,24-25,30-32,34,36-45,47-48,50-52,54,56-58,60,62-64,66,68-81H2,1-5H3/p+1/b10-8-,11-9-,16-14-,17-15-,22-20-,23-21-,28-26-,29-27-,35-33-,49-46-,55-53-,61-59-,67-65-. The monoisotopic (exact) mass is 1330 g/mol. The lowest BCUT2D eigenvalue weighted by atomic mass is 10.0. The van der Waals surface area contributed by atoms with Gasteiger partial charge in [-0.15, -0.1) is 0 Å². The number of quaternary nitrogens is 1. The highest BCUT2D eigenvalue weighted by Gasteiger charge is 2.27. The third kappa shape index (κ3) is 76.6. The van der Waals surface area contributed by atoms with Crippen molar-refractivity contribution < 1.29 is 42.1 Å². The average Bonchev–Trinajstić information content (AvgIpc) is 1.66. The highest BCUT2D eigenvalue weighted by Crippen LogP contribution is 2.43. The molecule has 0 aromatic rings. The van der Waals surface area contributed by atoms with Crippen molar-refractivity contribution in [2.24, 2.45) is 0 Å². The average molecular weight is 1330 g/mol. The van der Waals surface area contributed by atoms with Crippen LogP contribution in [0, 0.1) is 0 Å². The quantitative estimate of drug-likeness (QED) is 0.0211. The van der Waals surface area contributed by atoms with Crippen LogP contribution in [0.1, 0.15) is 309 Å². The minimum Gasteiger partial charge on any atom is -0.462 e. The number of unbranched alkanes of at least 4 members (excludes halogenated alkanes) is 29. The zero-order valence-corrected chi connectivity index (χ0v) is 62.0. The van der Waals surface area contributed by atoms with Crippen molar-refractivity contribution in [2.75, 3.05) is 47.5 Å². The Labute approximate surface area is 579 Å². The number of phosphoric ester groups is 1. The van der Waals surface area contributed by atoms with E-state index < -0.39 is 26.5 Å². The summed E-state index contributed by atoms with van der Waals surface area (Å²) in [6.45, 7) is 4.18. The summed E-state index contributed by atoms with van der Waals surface area (Å²) < 4.78 is 34.7. The molecule has 94 heavy (non-hydrogen) atoms. The molecule has 9 nitrogen and oxygen atoms in total. The van der Waals surface area contributed by atoms with E-state index in [0.29, 0.717) is 17.4 Å². The van der Waals surface area contributed by atoms with E-state index in [-0.39, 0.29) is 32.0 Å². The predicted octanol–water partition coefficient (Wildman–Crippen LogP) is 25.5. The van der Waals surface area contributed by atoms with Gasteiger partial charge in [0.05, 0.1) is 27.7 Å². The number of phosphoric acid groups is 1. The molecule has 0 aliphatic carbocycles. The maximum absolute atomic E-state index is 12.9. The Kier molecular flexibility index (Phi) is 69.5. The van der Waals surface area contributed by atoms with Gasteiger partial charge in [-0.05, 0) is 122 Å². The van der Waals surface area contributed by atoms with Crippen molar-refractivity contribution in [1.82, 2.24) is 0 Å². The summed E-state index contributed by atoms with van der Waals surface area (Å²) in [6, 6.07) is 0. The summed E-state index contributed by atoms with van der Waals surface area (Å²) in [6.07, 6.45) is 110. The molecule has 2 atom stereocenters. The Morgan fingerprint density at radius 1 is 0.330 bits per heavy atom. The third-order valence-corrected chi connectivity index (χ3v) is 17.0. The number of nitrogens with zero attached hydrogens (tertiary/aromatic N) is 1. The van der Waals surface area contributed by atoms with E-state index in [2.05, 4.69) is 172 Å². The molecule has 0 aromatic heterocycles. The highest BCUT2D eigenvalue weighted by molar-refractivity contribution is 7.47.